The van der Waals surface area contributed by atoms with Crippen LogP contribution in [0.5, 0.6) is 5.75 Å². The molecule has 0 heterocycles. The first-order valence-electron chi connectivity index (χ1n) is 7.06. The van der Waals surface area contributed by atoms with E-state index in [1.165, 1.54) is 0 Å². The molecule has 20 heavy (non-hydrogen) atoms. The summed E-state index contributed by atoms with van der Waals surface area (Å²) in [5, 5.41) is 6.22. The van der Waals surface area contributed by atoms with Gasteiger partial charge in [-0.2, -0.15) is 0 Å². The summed E-state index contributed by atoms with van der Waals surface area (Å²) in [6, 6.07) is 8.02. The number of carbonyl (C=O) groups is 1. The van der Waals surface area contributed by atoms with Gasteiger partial charge in [0.2, 0.25) is 5.91 Å². The molecular weight excluding hydrogens is 252 g/mol. The zero-order valence-electron chi connectivity index (χ0n) is 11.9. The maximum atomic E-state index is 11.9. The Hall–Kier alpha value is -1.81. The Morgan fingerprint density at radius 2 is 2.25 bits per heavy atom. The summed E-state index contributed by atoms with van der Waals surface area (Å²) in [4.78, 5) is 11.9. The highest BCUT2D eigenvalue weighted by Gasteiger charge is 2.25. The molecule has 0 bridgehead atoms. The molecule has 1 aromatic rings. The fourth-order valence-electron chi connectivity index (χ4n) is 1.85. The van der Waals surface area contributed by atoms with Crippen LogP contribution < -0.4 is 15.4 Å². The van der Waals surface area contributed by atoms with Crippen molar-refractivity contribution in [3.8, 4) is 5.75 Å². The number of para-hydroxylation sites is 1. The first kappa shape index (κ1) is 14.6. The van der Waals surface area contributed by atoms with Crippen LogP contribution in [0.4, 0.5) is 0 Å². The standard InChI is InChI=1S/C16H22N2O2/c1-3-10-20-15-7-5-4-6-13(15)11-17-12(2)16(19)18-14-8-9-14/h3-7,12,14,17H,1,8-11H2,2H3,(H,18,19). The van der Waals surface area contributed by atoms with E-state index >= 15 is 0 Å². The summed E-state index contributed by atoms with van der Waals surface area (Å²) in [7, 11) is 0. The van der Waals surface area contributed by atoms with Crippen LogP contribution >= 0.6 is 0 Å². The molecular formula is C16H22N2O2. The minimum absolute atomic E-state index is 0.0667. The normalized spacial score (nSPS) is 15.4. The Bertz CT molecular complexity index is 469. The van der Waals surface area contributed by atoms with E-state index in [9.17, 15) is 4.79 Å². The molecule has 0 aromatic heterocycles. The van der Waals surface area contributed by atoms with Gasteiger partial charge in [-0.05, 0) is 25.8 Å². The van der Waals surface area contributed by atoms with Crippen LogP contribution in [0.15, 0.2) is 36.9 Å². The van der Waals surface area contributed by atoms with E-state index in [4.69, 9.17) is 4.74 Å². The molecule has 1 amide bonds. The predicted octanol–water partition coefficient (Wildman–Crippen LogP) is 2.01. The molecule has 1 unspecified atom stereocenters. The van der Waals surface area contributed by atoms with Gasteiger partial charge in [0.25, 0.3) is 0 Å². The Morgan fingerprint density at radius 1 is 1.50 bits per heavy atom. The molecule has 2 rings (SSSR count). The zero-order valence-corrected chi connectivity index (χ0v) is 11.9. The van der Waals surface area contributed by atoms with E-state index in [1.54, 1.807) is 6.08 Å². The molecule has 0 spiro atoms. The summed E-state index contributed by atoms with van der Waals surface area (Å²) in [5.41, 5.74) is 1.04. The van der Waals surface area contributed by atoms with Crippen molar-refractivity contribution in [3.63, 3.8) is 0 Å². The summed E-state index contributed by atoms with van der Waals surface area (Å²) in [5.74, 6) is 0.895. The van der Waals surface area contributed by atoms with Crippen molar-refractivity contribution < 1.29 is 9.53 Å². The Balaban J connectivity index is 1.85. The van der Waals surface area contributed by atoms with Crippen LogP contribution in [0.2, 0.25) is 0 Å². The predicted molar refractivity (Wildman–Crippen MR) is 79.6 cm³/mol. The summed E-state index contributed by atoms with van der Waals surface area (Å²) in [6.07, 6.45) is 3.93. The number of ether oxygens (including phenoxy) is 1. The van der Waals surface area contributed by atoms with Gasteiger partial charge in [0.1, 0.15) is 12.4 Å². The third-order valence-electron chi connectivity index (χ3n) is 3.25. The number of hydrogen-bond donors (Lipinski definition) is 2. The lowest BCUT2D eigenvalue weighted by Crippen LogP contribution is -2.42. The van der Waals surface area contributed by atoms with Crippen LogP contribution in [0.1, 0.15) is 25.3 Å². The molecule has 0 radical (unpaired) electrons. The molecule has 1 fully saturated rings. The quantitative estimate of drug-likeness (QED) is 0.713. The molecule has 1 aliphatic carbocycles. The lowest BCUT2D eigenvalue weighted by molar-refractivity contribution is -0.122. The molecule has 4 nitrogen and oxygen atoms in total. The van der Waals surface area contributed by atoms with Crippen LogP contribution in [0.3, 0.4) is 0 Å². The summed E-state index contributed by atoms with van der Waals surface area (Å²) >= 11 is 0. The van der Waals surface area contributed by atoms with Crippen LogP contribution in [0.25, 0.3) is 0 Å². The second-order valence-electron chi connectivity index (χ2n) is 5.09. The average molecular weight is 274 g/mol. The van der Waals surface area contributed by atoms with Gasteiger partial charge in [-0.1, -0.05) is 30.9 Å². The van der Waals surface area contributed by atoms with Gasteiger partial charge in [0.05, 0.1) is 6.04 Å². The zero-order chi connectivity index (χ0) is 14.4. The van der Waals surface area contributed by atoms with Crippen molar-refractivity contribution in [2.24, 2.45) is 0 Å². The van der Waals surface area contributed by atoms with Crippen molar-refractivity contribution in [2.45, 2.75) is 38.4 Å². The molecule has 2 N–H and O–H groups in total. The molecule has 108 valence electrons. The van der Waals surface area contributed by atoms with Crippen LogP contribution in [0, 0.1) is 0 Å². The number of amides is 1. The number of carbonyl (C=O) groups excluding carboxylic acids is 1. The average Bonchev–Trinajstić information content (AvgIpc) is 3.27. The largest absolute Gasteiger partial charge is 0.489 e. The highest BCUT2D eigenvalue weighted by Crippen LogP contribution is 2.19. The van der Waals surface area contributed by atoms with E-state index in [0.717, 1.165) is 24.2 Å². The second-order valence-corrected chi connectivity index (χ2v) is 5.09. The first-order valence-corrected chi connectivity index (χ1v) is 7.06. The fraction of sp³-hybridized carbons (Fsp3) is 0.438. The monoisotopic (exact) mass is 274 g/mol. The molecule has 4 heteroatoms. The molecule has 0 aliphatic heterocycles. The second kappa shape index (κ2) is 7.10. The van der Waals surface area contributed by atoms with Crippen LogP contribution in [-0.4, -0.2) is 24.6 Å². The fourth-order valence-corrected chi connectivity index (χ4v) is 1.85. The SMILES string of the molecule is C=CCOc1ccccc1CNC(C)C(=O)NC1CC1. The molecule has 1 aromatic carbocycles. The highest BCUT2D eigenvalue weighted by molar-refractivity contribution is 5.81. The van der Waals surface area contributed by atoms with E-state index in [0.29, 0.717) is 19.2 Å². The van der Waals surface area contributed by atoms with E-state index in [2.05, 4.69) is 17.2 Å². The number of hydrogen-bond acceptors (Lipinski definition) is 3. The van der Waals surface area contributed by atoms with Crippen LogP contribution in [-0.2, 0) is 11.3 Å². The highest BCUT2D eigenvalue weighted by atomic mass is 16.5. The molecule has 1 aliphatic rings. The minimum Gasteiger partial charge on any atom is -0.489 e. The third kappa shape index (κ3) is 4.38. The van der Waals surface area contributed by atoms with Crippen molar-refractivity contribution in [1.29, 1.82) is 0 Å². The van der Waals surface area contributed by atoms with E-state index in [1.807, 2.05) is 31.2 Å². The van der Waals surface area contributed by atoms with Crippen molar-refractivity contribution in [3.05, 3.63) is 42.5 Å². The van der Waals surface area contributed by atoms with Gasteiger partial charge in [-0.25, -0.2) is 0 Å². The molecule has 1 saturated carbocycles. The lowest BCUT2D eigenvalue weighted by Gasteiger charge is -2.15. The maximum Gasteiger partial charge on any atom is 0.237 e. The number of rotatable bonds is 8. The van der Waals surface area contributed by atoms with Gasteiger partial charge in [0, 0.05) is 18.2 Å². The van der Waals surface area contributed by atoms with Crippen molar-refractivity contribution in [1.82, 2.24) is 10.6 Å². The minimum atomic E-state index is -0.205. The number of benzene rings is 1. The Morgan fingerprint density at radius 3 is 2.95 bits per heavy atom. The summed E-state index contributed by atoms with van der Waals surface area (Å²) < 4.78 is 5.60. The molecule has 0 saturated heterocycles. The van der Waals surface area contributed by atoms with E-state index < -0.39 is 0 Å². The third-order valence-corrected chi connectivity index (χ3v) is 3.25. The smallest absolute Gasteiger partial charge is 0.237 e. The van der Waals surface area contributed by atoms with Crippen molar-refractivity contribution >= 4 is 5.91 Å². The van der Waals surface area contributed by atoms with Crippen molar-refractivity contribution in [2.75, 3.05) is 6.61 Å². The van der Waals surface area contributed by atoms with Gasteiger partial charge in [0.15, 0.2) is 0 Å². The first-order chi connectivity index (χ1) is 9.70. The molecule has 1 atom stereocenters. The maximum absolute atomic E-state index is 11.9. The number of nitrogens with one attached hydrogen (secondary N) is 2. The lowest BCUT2D eigenvalue weighted by atomic mass is 10.2. The topological polar surface area (TPSA) is 50.4 Å². The van der Waals surface area contributed by atoms with Gasteiger partial charge >= 0.3 is 0 Å². The van der Waals surface area contributed by atoms with Gasteiger partial charge in [-0.3, -0.25) is 4.79 Å². The van der Waals surface area contributed by atoms with E-state index in [-0.39, 0.29) is 11.9 Å². The Labute approximate surface area is 120 Å². The summed E-state index contributed by atoms with van der Waals surface area (Å²) in [6.45, 7) is 6.61. The Kier molecular flexibility index (Phi) is 5.18. The van der Waals surface area contributed by atoms with Gasteiger partial charge < -0.3 is 15.4 Å². The van der Waals surface area contributed by atoms with Gasteiger partial charge in [-0.15, -0.1) is 0 Å².